The topological polar surface area (TPSA) is 65.2 Å². The minimum absolute atomic E-state index is 0.0346. The van der Waals surface area contributed by atoms with Crippen LogP contribution in [0.4, 0.5) is 0 Å². The van der Waals surface area contributed by atoms with Crippen molar-refractivity contribution < 1.29 is 4.74 Å². The van der Waals surface area contributed by atoms with Gasteiger partial charge in [0.2, 0.25) is 0 Å². The van der Waals surface area contributed by atoms with Crippen molar-refractivity contribution in [1.29, 1.82) is 0 Å². The van der Waals surface area contributed by atoms with Crippen LogP contribution in [-0.2, 0) is 18.3 Å². The quantitative estimate of drug-likeness (QED) is 0.728. The van der Waals surface area contributed by atoms with Crippen LogP contribution in [-0.4, -0.2) is 57.1 Å². The van der Waals surface area contributed by atoms with E-state index in [2.05, 4.69) is 22.0 Å². The van der Waals surface area contributed by atoms with Crippen molar-refractivity contribution in [3.05, 3.63) is 22.9 Å². The van der Waals surface area contributed by atoms with Crippen molar-refractivity contribution in [2.75, 3.05) is 26.7 Å². The van der Waals surface area contributed by atoms with Gasteiger partial charge in [-0.25, -0.2) is 4.98 Å². The summed E-state index contributed by atoms with van der Waals surface area (Å²) in [5.74, 6) is 0. The van der Waals surface area contributed by atoms with Gasteiger partial charge >= 0.3 is 0 Å². The first-order valence-electron chi connectivity index (χ1n) is 6.32. The summed E-state index contributed by atoms with van der Waals surface area (Å²) in [6.45, 7) is 3.00. The van der Waals surface area contributed by atoms with E-state index in [1.165, 1.54) is 0 Å². The molecular formula is C12H17N5O2. The van der Waals surface area contributed by atoms with Gasteiger partial charge in [-0.2, -0.15) is 5.10 Å². The molecule has 0 N–H and O–H groups in total. The van der Waals surface area contributed by atoms with Gasteiger partial charge in [-0.15, -0.1) is 0 Å². The maximum atomic E-state index is 12.3. The Kier molecular flexibility index (Phi) is 3.08. The van der Waals surface area contributed by atoms with E-state index >= 15 is 0 Å². The molecule has 0 radical (unpaired) electrons. The zero-order valence-electron chi connectivity index (χ0n) is 11.1. The van der Waals surface area contributed by atoms with Gasteiger partial charge in [0, 0.05) is 20.1 Å². The molecule has 3 heterocycles. The highest BCUT2D eigenvalue weighted by molar-refractivity contribution is 5.72. The Labute approximate surface area is 110 Å². The summed E-state index contributed by atoms with van der Waals surface area (Å²) < 4.78 is 8.88. The number of nitrogens with zero attached hydrogens (tertiary/aromatic N) is 5. The lowest BCUT2D eigenvalue weighted by molar-refractivity contribution is -0.0279. The first kappa shape index (κ1) is 12.3. The smallest absolute Gasteiger partial charge is 0.264 e. The third-order valence-electron chi connectivity index (χ3n) is 3.46. The summed E-state index contributed by atoms with van der Waals surface area (Å²) in [7, 11) is 3.83. The number of hydrogen-bond acceptors (Lipinski definition) is 5. The molecule has 0 spiro atoms. The minimum Gasteiger partial charge on any atom is -0.374 e. The van der Waals surface area contributed by atoms with Crippen LogP contribution in [0.1, 0.15) is 0 Å². The monoisotopic (exact) mass is 263 g/mol. The molecule has 0 bridgehead atoms. The van der Waals surface area contributed by atoms with E-state index in [0.29, 0.717) is 24.2 Å². The maximum absolute atomic E-state index is 12.3. The number of likely N-dealkylation sites (N-methyl/N-ethyl adjacent to an activating group) is 1. The lowest BCUT2D eigenvalue weighted by Gasteiger charge is -2.30. The Morgan fingerprint density at radius 3 is 3.11 bits per heavy atom. The molecule has 1 aliphatic rings. The fourth-order valence-electron chi connectivity index (χ4n) is 2.39. The lowest BCUT2D eigenvalue weighted by Crippen LogP contribution is -2.43. The fourth-order valence-corrected chi connectivity index (χ4v) is 2.39. The van der Waals surface area contributed by atoms with Gasteiger partial charge in [-0.3, -0.25) is 14.0 Å². The van der Waals surface area contributed by atoms with E-state index in [9.17, 15) is 4.79 Å². The van der Waals surface area contributed by atoms with E-state index in [0.717, 1.165) is 13.1 Å². The molecule has 1 unspecified atom stereocenters. The standard InChI is InChI=1S/C12H17N5O2/c1-15-3-4-19-9(6-15)7-17-8-13-11-10(12(17)18)5-14-16(11)2/h5,8-9H,3-4,6-7H2,1-2H3. The number of aromatic nitrogens is 4. The SMILES string of the molecule is CN1CCOC(Cn2cnc3c(cnn3C)c2=O)C1. The molecule has 2 aromatic heterocycles. The summed E-state index contributed by atoms with van der Waals surface area (Å²) >= 11 is 0. The summed E-state index contributed by atoms with van der Waals surface area (Å²) in [5.41, 5.74) is 0.554. The van der Waals surface area contributed by atoms with Gasteiger partial charge in [-0.1, -0.05) is 0 Å². The van der Waals surface area contributed by atoms with Crippen molar-refractivity contribution in [3.63, 3.8) is 0 Å². The average molecular weight is 263 g/mol. The summed E-state index contributed by atoms with van der Waals surface area (Å²) in [5, 5.41) is 4.61. The predicted octanol–water partition coefficient (Wildman–Crippen LogP) is -0.539. The second-order valence-corrected chi connectivity index (χ2v) is 4.96. The van der Waals surface area contributed by atoms with E-state index in [-0.39, 0.29) is 11.7 Å². The molecule has 0 saturated carbocycles. The number of hydrogen-bond donors (Lipinski definition) is 0. The highest BCUT2D eigenvalue weighted by Crippen LogP contribution is 2.07. The van der Waals surface area contributed by atoms with Gasteiger partial charge in [0.1, 0.15) is 11.7 Å². The molecule has 0 aliphatic carbocycles. The largest absolute Gasteiger partial charge is 0.374 e. The van der Waals surface area contributed by atoms with Crippen LogP contribution in [0, 0.1) is 0 Å². The number of fused-ring (bicyclic) bond motifs is 1. The first-order chi connectivity index (χ1) is 9.15. The van der Waals surface area contributed by atoms with Gasteiger partial charge in [-0.05, 0) is 7.05 Å². The first-order valence-corrected chi connectivity index (χ1v) is 6.32. The van der Waals surface area contributed by atoms with E-state index in [1.807, 2.05) is 0 Å². The van der Waals surface area contributed by atoms with Crippen molar-refractivity contribution in [2.24, 2.45) is 7.05 Å². The van der Waals surface area contributed by atoms with Crippen molar-refractivity contribution in [2.45, 2.75) is 12.6 Å². The van der Waals surface area contributed by atoms with Crippen LogP contribution in [0.5, 0.6) is 0 Å². The van der Waals surface area contributed by atoms with Gasteiger partial charge in [0.25, 0.3) is 5.56 Å². The van der Waals surface area contributed by atoms with E-state index in [1.54, 1.807) is 28.8 Å². The molecular weight excluding hydrogens is 246 g/mol. The highest BCUT2D eigenvalue weighted by atomic mass is 16.5. The summed E-state index contributed by atoms with van der Waals surface area (Å²) in [6.07, 6.45) is 3.17. The zero-order valence-corrected chi connectivity index (χ0v) is 11.1. The second-order valence-electron chi connectivity index (χ2n) is 4.96. The second kappa shape index (κ2) is 4.75. The molecule has 1 fully saturated rings. The normalized spacial score (nSPS) is 21.1. The van der Waals surface area contributed by atoms with Gasteiger partial charge < -0.3 is 9.64 Å². The predicted molar refractivity (Wildman–Crippen MR) is 70.0 cm³/mol. The lowest BCUT2D eigenvalue weighted by atomic mass is 10.3. The summed E-state index contributed by atoms with van der Waals surface area (Å²) in [4.78, 5) is 18.8. The highest BCUT2D eigenvalue weighted by Gasteiger charge is 2.19. The number of morpholine rings is 1. The molecule has 19 heavy (non-hydrogen) atoms. The third-order valence-corrected chi connectivity index (χ3v) is 3.46. The Morgan fingerprint density at radius 1 is 1.47 bits per heavy atom. The Bertz CT molecular complexity index is 647. The van der Waals surface area contributed by atoms with Crippen LogP contribution >= 0.6 is 0 Å². The number of rotatable bonds is 2. The van der Waals surface area contributed by atoms with Crippen LogP contribution in [0.2, 0.25) is 0 Å². The molecule has 1 atom stereocenters. The average Bonchev–Trinajstić information content (AvgIpc) is 2.76. The molecule has 7 nitrogen and oxygen atoms in total. The molecule has 3 rings (SSSR count). The minimum atomic E-state index is -0.0603. The summed E-state index contributed by atoms with van der Waals surface area (Å²) in [6, 6.07) is 0. The number of ether oxygens (including phenoxy) is 1. The Balaban J connectivity index is 1.89. The molecule has 0 aromatic carbocycles. The third kappa shape index (κ3) is 2.26. The molecule has 7 heteroatoms. The molecule has 1 saturated heterocycles. The molecule has 102 valence electrons. The number of aryl methyl sites for hydroxylation is 1. The molecule has 0 amide bonds. The van der Waals surface area contributed by atoms with E-state index in [4.69, 9.17) is 4.74 Å². The van der Waals surface area contributed by atoms with Gasteiger partial charge in [0.05, 0.1) is 25.5 Å². The van der Waals surface area contributed by atoms with Gasteiger partial charge in [0.15, 0.2) is 5.65 Å². The van der Waals surface area contributed by atoms with Crippen LogP contribution < -0.4 is 5.56 Å². The van der Waals surface area contributed by atoms with Crippen molar-refractivity contribution >= 4 is 11.0 Å². The van der Waals surface area contributed by atoms with Crippen LogP contribution in [0.15, 0.2) is 17.3 Å². The Hall–Kier alpha value is -1.73. The fraction of sp³-hybridized carbons (Fsp3) is 0.583. The van der Waals surface area contributed by atoms with Crippen molar-refractivity contribution in [1.82, 2.24) is 24.2 Å². The Morgan fingerprint density at radius 2 is 2.32 bits per heavy atom. The molecule has 1 aliphatic heterocycles. The van der Waals surface area contributed by atoms with Crippen molar-refractivity contribution in [3.8, 4) is 0 Å². The maximum Gasteiger partial charge on any atom is 0.264 e. The van der Waals surface area contributed by atoms with Crippen LogP contribution in [0.25, 0.3) is 11.0 Å². The molecule has 2 aromatic rings. The zero-order chi connectivity index (χ0) is 13.4. The van der Waals surface area contributed by atoms with Crippen LogP contribution in [0.3, 0.4) is 0 Å². The van der Waals surface area contributed by atoms with E-state index < -0.39 is 0 Å².